The third kappa shape index (κ3) is 1.69. The van der Waals surface area contributed by atoms with E-state index < -0.39 is 0 Å². The first-order valence-corrected chi connectivity index (χ1v) is 6.64. The van der Waals surface area contributed by atoms with Gasteiger partial charge in [-0.2, -0.15) is 0 Å². The van der Waals surface area contributed by atoms with Gasteiger partial charge in [0.25, 0.3) is 0 Å². The molecule has 0 aliphatic heterocycles. The van der Waals surface area contributed by atoms with Crippen molar-refractivity contribution in [1.29, 1.82) is 0 Å². The Kier molecular flexibility index (Phi) is 2.36. The highest BCUT2D eigenvalue weighted by Gasteiger charge is 2.07. The van der Waals surface area contributed by atoms with Crippen LogP contribution < -0.4 is 0 Å². The predicted molar refractivity (Wildman–Crippen MR) is 81.7 cm³/mol. The number of rotatable bonds is 1. The van der Waals surface area contributed by atoms with Gasteiger partial charge < -0.3 is 4.42 Å². The lowest BCUT2D eigenvalue weighted by atomic mass is 10.0. The zero-order valence-electron chi connectivity index (χ0n) is 11.1. The topological polar surface area (TPSA) is 26.0 Å². The second-order valence-corrected chi connectivity index (χ2v) is 5.05. The molecule has 0 saturated heterocycles. The van der Waals surface area contributed by atoms with Crippen molar-refractivity contribution in [2.24, 2.45) is 0 Å². The van der Waals surface area contributed by atoms with Crippen LogP contribution in [0.2, 0.25) is 0 Å². The number of aromatic nitrogens is 1. The van der Waals surface area contributed by atoms with Gasteiger partial charge in [-0.25, -0.2) is 0 Å². The minimum Gasteiger partial charge on any atom is -0.456 e. The number of pyridine rings is 1. The number of aryl methyl sites for hydroxylation is 1. The van der Waals surface area contributed by atoms with Crippen molar-refractivity contribution in [2.45, 2.75) is 6.92 Å². The minimum atomic E-state index is 0.885. The Morgan fingerprint density at radius 3 is 2.45 bits per heavy atom. The quantitative estimate of drug-likeness (QED) is 0.483. The number of benzene rings is 2. The van der Waals surface area contributed by atoms with Gasteiger partial charge in [0.15, 0.2) is 0 Å². The summed E-state index contributed by atoms with van der Waals surface area (Å²) in [5, 5.41) is 2.18. The van der Waals surface area contributed by atoms with Crippen LogP contribution in [0.25, 0.3) is 33.1 Å². The van der Waals surface area contributed by atoms with Crippen LogP contribution in [-0.2, 0) is 0 Å². The molecule has 0 radical (unpaired) electrons. The Morgan fingerprint density at radius 2 is 1.60 bits per heavy atom. The van der Waals surface area contributed by atoms with E-state index in [4.69, 9.17) is 4.42 Å². The third-order valence-corrected chi connectivity index (χ3v) is 3.66. The smallest absolute Gasteiger partial charge is 0.138 e. The molecule has 2 nitrogen and oxygen atoms in total. The molecule has 2 aromatic carbocycles. The Labute approximate surface area is 116 Å². The van der Waals surface area contributed by atoms with Crippen LogP contribution in [0.15, 0.2) is 65.3 Å². The maximum Gasteiger partial charge on any atom is 0.138 e. The standard InChI is InChI=1S/C18H13NO/c1-12-2-4-13(5-3-12)14-6-7-15-16-11-19-9-8-17(16)20-18(15)10-14/h2-11H,1H3. The molecule has 0 spiro atoms. The highest BCUT2D eigenvalue weighted by molar-refractivity contribution is 6.05. The summed E-state index contributed by atoms with van der Waals surface area (Å²) in [6, 6.07) is 16.8. The van der Waals surface area contributed by atoms with Crippen LogP contribution in [0, 0.1) is 6.92 Å². The summed E-state index contributed by atoms with van der Waals surface area (Å²) in [5.41, 5.74) is 5.44. The fourth-order valence-corrected chi connectivity index (χ4v) is 2.55. The fourth-order valence-electron chi connectivity index (χ4n) is 2.55. The van der Waals surface area contributed by atoms with Gasteiger partial charge in [0.05, 0.1) is 0 Å². The number of fused-ring (bicyclic) bond motifs is 3. The van der Waals surface area contributed by atoms with Crippen LogP contribution in [-0.4, -0.2) is 4.98 Å². The Hall–Kier alpha value is -2.61. The van der Waals surface area contributed by atoms with E-state index in [1.54, 1.807) is 6.20 Å². The molecule has 0 fully saturated rings. The maximum absolute atomic E-state index is 5.90. The van der Waals surface area contributed by atoms with Crippen LogP contribution in [0.1, 0.15) is 5.56 Å². The monoisotopic (exact) mass is 259 g/mol. The Morgan fingerprint density at radius 1 is 0.800 bits per heavy atom. The lowest BCUT2D eigenvalue weighted by Gasteiger charge is -2.02. The van der Waals surface area contributed by atoms with E-state index in [9.17, 15) is 0 Å². The molecule has 2 heterocycles. The van der Waals surface area contributed by atoms with Crippen molar-refractivity contribution in [3.63, 3.8) is 0 Å². The average Bonchev–Trinajstić information content (AvgIpc) is 2.85. The Balaban J connectivity index is 1.94. The molecular weight excluding hydrogens is 246 g/mol. The van der Waals surface area contributed by atoms with Crippen molar-refractivity contribution >= 4 is 21.9 Å². The minimum absolute atomic E-state index is 0.885. The average molecular weight is 259 g/mol. The molecule has 0 aliphatic carbocycles. The second-order valence-electron chi connectivity index (χ2n) is 5.05. The largest absolute Gasteiger partial charge is 0.456 e. The summed E-state index contributed by atoms with van der Waals surface area (Å²) in [5.74, 6) is 0. The van der Waals surface area contributed by atoms with Crippen molar-refractivity contribution in [3.8, 4) is 11.1 Å². The van der Waals surface area contributed by atoms with Crippen molar-refractivity contribution in [3.05, 3.63) is 66.5 Å². The first kappa shape index (κ1) is 11.2. The summed E-state index contributed by atoms with van der Waals surface area (Å²) in [6.45, 7) is 2.10. The molecular formula is C18H13NO. The molecule has 0 unspecified atom stereocenters. The van der Waals surface area contributed by atoms with Gasteiger partial charge in [0.1, 0.15) is 11.2 Å². The van der Waals surface area contributed by atoms with Crippen LogP contribution in [0.4, 0.5) is 0 Å². The molecule has 2 heteroatoms. The van der Waals surface area contributed by atoms with E-state index in [1.807, 2.05) is 12.3 Å². The molecule has 0 saturated carbocycles. The second kappa shape index (κ2) is 4.20. The van der Waals surface area contributed by atoms with E-state index in [2.05, 4.69) is 54.4 Å². The molecule has 20 heavy (non-hydrogen) atoms. The maximum atomic E-state index is 5.90. The van der Waals surface area contributed by atoms with E-state index in [0.29, 0.717) is 0 Å². The molecule has 0 amide bonds. The van der Waals surface area contributed by atoms with E-state index in [1.165, 1.54) is 16.7 Å². The molecule has 0 aliphatic rings. The number of hydrogen-bond donors (Lipinski definition) is 0. The first-order chi connectivity index (χ1) is 9.81. The van der Waals surface area contributed by atoms with Gasteiger partial charge >= 0.3 is 0 Å². The van der Waals surface area contributed by atoms with E-state index in [0.717, 1.165) is 21.9 Å². The summed E-state index contributed by atoms with van der Waals surface area (Å²) in [4.78, 5) is 4.17. The van der Waals surface area contributed by atoms with Gasteiger partial charge in [0.2, 0.25) is 0 Å². The molecule has 2 aromatic heterocycles. The lowest BCUT2D eigenvalue weighted by Crippen LogP contribution is -1.78. The molecule has 4 rings (SSSR count). The first-order valence-electron chi connectivity index (χ1n) is 6.64. The summed E-state index contributed by atoms with van der Waals surface area (Å²) >= 11 is 0. The number of nitrogens with zero attached hydrogens (tertiary/aromatic N) is 1. The molecule has 4 aromatic rings. The zero-order chi connectivity index (χ0) is 13.5. The SMILES string of the molecule is Cc1ccc(-c2ccc3c(c2)oc2ccncc23)cc1. The number of furan rings is 1. The van der Waals surface area contributed by atoms with Crippen LogP contribution in [0.3, 0.4) is 0 Å². The predicted octanol–water partition coefficient (Wildman–Crippen LogP) is 4.96. The third-order valence-electron chi connectivity index (χ3n) is 3.66. The van der Waals surface area contributed by atoms with E-state index in [-0.39, 0.29) is 0 Å². The highest BCUT2D eigenvalue weighted by atomic mass is 16.3. The van der Waals surface area contributed by atoms with Gasteiger partial charge in [-0.05, 0) is 36.2 Å². The Bertz CT molecular complexity index is 904. The summed E-state index contributed by atoms with van der Waals surface area (Å²) in [6.07, 6.45) is 3.61. The van der Waals surface area contributed by atoms with Gasteiger partial charge in [-0.3, -0.25) is 4.98 Å². The normalized spacial score (nSPS) is 11.2. The number of hydrogen-bond acceptors (Lipinski definition) is 2. The molecule has 96 valence electrons. The van der Waals surface area contributed by atoms with Crippen molar-refractivity contribution < 1.29 is 4.42 Å². The van der Waals surface area contributed by atoms with Crippen LogP contribution >= 0.6 is 0 Å². The van der Waals surface area contributed by atoms with Gasteiger partial charge in [-0.15, -0.1) is 0 Å². The lowest BCUT2D eigenvalue weighted by molar-refractivity contribution is 0.668. The van der Waals surface area contributed by atoms with Crippen molar-refractivity contribution in [1.82, 2.24) is 4.98 Å². The highest BCUT2D eigenvalue weighted by Crippen LogP contribution is 2.31. The van der Waals surface area contributed by atoms with E-state index >= 15 is 0 Å². The summed E-state index contributed by atoms with van der Waals surface area (Å²) in [7, 11) is 0. The zero-order valence-corrected chi connectivity index (χ0v) is 11.1. The van der Waals surface area contributed by atoms with Crippen molar-refractivity contribution in [2.75, 3.05) is 0 Å². The van der Waals surface area contributed by atoms with Gasteiger partial charge in [0, 0.05) is 23.2 Å². The fraction of sp³-hybridized carbons (Fsp3) is 0.0556. The van der Waals surface area contributed by atoms with Crippen LogP contribution in [0.5, 0.6) is 0 Å². The molecule has 0 N–H and O–H groups in total. The molecule has 0 atom stereocenters. The summed E-state index contributed by atoms with van der Waals surface area (Å²) < 4.78 is 5.90. The van der Waals surface area contributed by atoms with Gasteiger partial charge in [-0.1, -0.05) is 35.9 Å². The molecule has 0 bridgehead atoms.